The van der Waals surface area contributed by atoms with Gasteiger partial charge in [-0.2, -0.15) is 0 Å². The Morgan fingerprint density at radius 3 is 0.883 bits per heavy atom. The minimum atomic E-state index is 0.903. The molecule has 0 aliphatic carbocycles. The second-order valence-corrected chi connectivity index (χ2v) is 34.8. The van der Waals surface area contributed by atoms with Crippen LogP contribution in [0.4, 0.5) is 0 Å². The molecule has 23 aromatic carbocycles. The molecule has 128 heavy (non-hydrogen) atoms. The maximum absolute atomic E-state index is 6.42. The summed E-state index contributed by atoms with van der Waals surface area (Å²) in [6.07, 6.45) is 1.97. The van der Waals surface area contributed by atoms with Crippen molar-refractivity contribution in [1.29, 1.82) is 0 Å². The Morgan fingerprint density at radius 1 is 0.172 bits per heavy atom. The van der Waals surface area contributed by atoms with Crippen LogP contribution in [0.2, 0.25) is 0 Å². The molecule has 4 aromatic heterocycles. The molecule has 0 fully saturated rings. The van der Waals surface area contributed by atoms with Crippen LogP contribution >= 0.6 is 0 Å². The highest BCUT2D eigenvalue weighted by molar-refractivity contribution is 6.31. The van der Waals surface area contributed by atoms with Gasteiger partial charge in [0.2, 0.25) is 0 Å². The minimum absolute atomic E-state index is 0.903. The third-order valence-electron chi connectivity index (χ3n) is 27.3. The van der Waals surface area contributed by atoms with E-state index in [2.05, 4.69) is 399 Å². The minimum Gasteiger partial charge on any atom is -0.455 e. The highest BCUT2D eigenvalue weighted by Gasteiger charge is 2.24. The van der Waals surface area contributed by atoms with Crippen molar-refractivity contribution in [1.82, 2.24) is 4.98 Å². The number of hydrogen-bond donors (Lipinski definition) is 0. The van der Waals surface area contributed by atoms with E-state index >= 15 is 0 Å². The number of aromatic nitrogens is 1. The van der Waals surface area contributed by atoms with E-state index in [0.717, 1.165) is 99.3 Å². The number of pyridine rings is 1. The van der Waals surface area contributed by atoms with Crippen LogP contribution in [0.15, 0.2) is 414 Å². The quantitative estimate of drug-likeness (QED) is 0.135. The number of aryl methyl sites for hydroxylation is 5. The van der Waals surface area contributed by atoms with E-state index in [0.29, 0.717) is 0 Å². The fraction of sp³-hybridized carbons (Fsp3) is 0.0403. The van der Waals surface area contributed by atoms with Gasteiger partial charge < -0.3 is 13.3 Å². The molecule has 0 aliphatic rings. The molecule has 0 saturated carbocycles. The smallest absolute Gasteiger partial charge is 0.143 e. The van der Waals surface area contributed by atoms with Crippen LogP contribution in [0.25, 0.3) is 263 Å². The normalized spacial score (nSPS) is 11.9. The van der Waals surface area contributed by atoms with Crippen LogP contribution in [-0.4, -0.2) is 4.98 Å². The number of nitrogens with zero attached hydrogens (tertiary/aromatic N) is 1. The highest BCUT2D eigenvalue weighted by atomic mass is 16.3. The molecule has 4 heteroatoms. The molecule has 27 rings (SSSR count). The number of rotatable bonds is 9. The maximum Gasteiger partial charge on any atom is 0.143 e. The third-order valence-corrected chi connectivity index (χ3v) is 27.3. The Balaban J connectivity index is 0.000000104. The van der Waals surface area contributed by atoms with Gasteiger partial charge in [-0.1, -0.05) is 381 Å². The van der Waals surface area contributed by atoms with Crippen LogP contribution in [0.1, 0.15) is 27.8 Å². The van der Waals surface area contributed by atoms with Gasteiger partial charge in [0.15, 0.2) is 0 Å². The Labute approximate surface area is 739 Å². The van der Waals surface area contributed by atoms with Gasteiger partial charge in [0.1, 0.15) is 33.5 Å². The van der Waals surface area contributed by atoms with E-state index < -0.39 is 0 Å². The summed E-state index contributed by atoms with van der Waals surface area (Å²) in [6.45, 7) is 11.0. The maximum atomic E-state index is 6.42. The van der Waals surface area contributed by atoms with Crippen LogP contribution < -0.4 is 0 Å². The zero-order valence-electron chi connectivity index (χ0n) is 71.3. The van der Waals surface area contributed by atoms with Gasteiger partial charge in [-0.05, 0) is 239 Å². The first-order chi connectivity index (χ1) is 63.0. The lowest BCUT2D eigenvalue weighted by Crippen LogP contribution is -1.93. The van der Waals surface area contributed by atoms with Gasteiger partial charge in [0.05, 0.1) is 5.69 Å². The largest absolute Gasteiger partial charge is 0.455 e. The Hall–Kier alpha value is -16.3. The molecule has 0 aliphatic heterocycles. The van der Waals surface area contributed by atoms with Crippen molar-refractivity contribution in [2.24, 2.45) is 0 Å². The molecular formula is C124H81NO3. The fourth-order valence-corrected chi connectivity index (χ4v) is 21.1. The SMILES string of the molecule is Cc1ccc(-c2ccc3ccc4c(-c5cc(C)c(-c6cccc7c6oc6ccccc67)cc5C)ccc5ccc2c3c54)cc1.Cc1ccc(-c2ccc3ccc4c(-c5ccc(-c6cccc7c6oc6ccccc67)cc5C)ccc5ccc2c3c54)cc1.c1ccc(-c2ccc3ccc4c(-c5ccc(-c6cccc7c6oc6ccccc67)cn5)ccc5ccc2c3c54)cc1. The first-order valence-electron chi connectivity index (χ1n) is 44.2. The molecule has 0 unspecified atom stereocenters. The van der Waals surface area contributed by atoms with Crippen molar-refractivity contribution in [2.75, 3.05) is 0 Å². The molecule has 600 valence electrons. The van der Waals surface area contributed by atoms with Crippen LogP contribution in [0, 0.1) is 34.6 Å². The van der Waals surface area contributed by atoms with E-state index in [1.165, 1.54) is 192 Å². The average Bonchev–Trinajstić information content (AvgIpc) is 1.10. The average molecular weight is 1630 g/mol. The first-order valence-corrected chi connectivity index (χ1v) is 44.2. The zero-order chi connectivity index (χ0) is 85.1. The summed E-state index contributed by atoms with van der Waals surface area (Å²) in [5, 5.41) is 30.3. The summed E-state index contributed by atoms with van der Waals surface area (Å²) < 4.78 is 19.1. The molecule has 0 bridgehead atoms. The number of furan rings is 3. The molecule has 0 atom stereocenters. The molecular weight excluding hydrogens is 1550 g/mol. The molecule has 0 saturated heterocycles. The van der Waals surface area contributed by atoms with Crippen LogP contribution in [0.5, 0.6) is 0 Å². The highest BCUT2D eigenvalue weighted by Crippen LogP contribution is 2.50. The molecule has 4 nitrogen and oxygen atoms in total. The van der Waals surface area contributed by atoms with Gasteiger partial charge in [-0.3, -0.25) is 4.98 Å². The molecule has 4 heterocycles. The summed E-state index contributed by atoms with van der Waals surface area (Å²) in [7, 11) is 0. The van der Waals surface area contributed by atoms with E-state index in [9.17, 15) is 0 Å². The summed E-state index contributed by atoms with van der Waals surface area (Å²) in [5.74, 6) is 0. The molecule has 0 spiro atoms. The second kappa shape index (κ2) is 29.5. The van der Waals surface area contributed by atoms with Crippen molar-refractivity contribution in [3.8, 4) is 100 Å². The van der Waals surface area contributed by atoms with E-state index in [-0.39, 0.29) is 0 Å². The van der Waals surface area contributed by atoms with Gasteiger partial charge in [-0.15, -0.1) is 0 Å². The monoisotopic (exact) mass is 1630 g/mol. The van der Waals surface area contributed by atoms with E-state index in [4.69, 9.17) is 18.2 Å². The number of fused-ring (bicyclic) bond motifs is 9. The van der Waals surface area contributed by atoms with Crippen molar-refractivity contribution in [2.45, 2.75) is 34.6 Å². The van der Waals surface area contributed by atoms with Gasteiger partial charge >= 0.3 is 0 Å². The Morgan fingerprint density at radius 2 is 0.469 bits per heavy atom. The number of benzene rings is 23. The van der Waals surface area contributed by atoms with Crippen molar-refractivity contribution < 1.29 is 13.3 Å². The zero-order valence-corrected chi connectivity index (χ0v) is 71.3. The Kier molecular flexibility index (Phi) is 17.1. The number of hydrogen-bond acceptors (Lipinski definition) is 4. The lowest BCUT2D eigenvalue weighted by Gasteiger charge is -2.18. The third kappa shape index (κ3) is 11.9. The van der Waals surface area contributed by atoms with Crippen molar-refractivity contribution in [3.63, 3.8) is 0 Å². The van der Waals surface area contributed by atoms with Crippen LogP contribution in [0.3, 0.4) is 0 Å². The van der Waals surface area contributed by atoms with Gasteiger partial charge in [0, 0.05) is 66.3 Å². The predicted octanol–water partition coefficient (Wildman–Crippen LogP) is 35.4. The molecule has 0 amide bonds. The standard InChI is InChI=1S/C43H30O.C42H28O.C39H23NO/c1-25-11-13-28(14-12-25)31-19-15-29-18-22-35-32(20-16-30-17-21-34(31)41(29)42(30)35)38-23-27(3)39(24-26(38)2)37-9-6-8-36-33-7-4-5-10-40(33)44-43(36)37;1-25-10-12-27(13-11-25)32-20-14-28-17-23-37-34(21-15-29-16-22-36(32)40(28)41(29)37)31-19-18-30(24-26(31)2)33-7-5-8-38-35-6-3-4-9-39(35)43-42(33)38;1-2-7-24(8-3-1)28-18-13-25-16-21-33-30(19-14-26-15-20-32(28)37(25)38(26)33)35-22-17-27(23-40-35)29-10-6-11-34-31-9-4-5-12-36(31)41-39(29)34/h4-24H,1-3H3;3-24H,1-2H3;1-23H. The lowest BCUT2D eigenvalue weighted by molar-refractivity contribution is 0.669. The number of para-hydroxylation sites is 6. The molecule has 0 radical (unpaired) electrons. The van der Waals surface area contributed by atoms with Gasteiger partial charge in [0.25, 0.3) is 0 Å². The fourth-order valence-electron chi connectivity index (χ4n) is 21.1. The molecule has 0 N–H and O–H groups in total. The summed E-state index contributed by atoms with van der Waals surface area (Å²) in [5.41, 5.74) is 33.4. The van der Waals surface area contributed by atoms with E-state index in [1.807, 2.05) is 36.5 Å². The summed E-state index contributed by atoms with van der Waals surface area (Å²) in [6, 6.07) is 143. The summed E-state index contributed by atoms with van der Waals surface area (Å²) >= 11 is 0. The van der Waals surface area contributed by atoms with Crippen LogP contribution in [-0.2, 0) is 0 Å². The first kappa shape index (κ1) is 74.4. The Bertz CT molecular complexity index is 9160. The van der Waals surface area contributed by atoms with Crippen molar-refractivity contribution in [3.05, 3.63) is 428 Å². The molecule has 27 aromatic rings. The topological polar surface area (TPSA) is 52.3 Å². The second-order valence-electron chi connectivity index (χ2n) is 34.8. The predicted molar refractivity (Wildman–Crippen MR) is 543 cm³/mol. The van der Waals surface area contributed by atoms with E-state index in [1.54, 1.807) is 0 Å². The lowest BCUT2D eigenvalue weighted by atomic mass is 9.85. The summed E-state index contributed by atoms with van der Waals surface area (Å²) in [4.78, 5) is 4.99. The van der Waals surface area contributed by atoms with Gasteiger partial charge in [-0.25, -0.2) is 0 Å². The van der Waals surface area contributed by atoms with Crippen molar-refractivity contribution >= 4 is 163 Å².